The van der Waals surface area contributed by atoms with Gasteiger partial charge in [-0.05, 0) is 39.4 Å². The van der Waals surface area contributed by atoms with Crippen LogP contribution in [-0.4, -0.2) is 82.5 Å². The van der Waals surface area contributed by atoms with Gasteiger partial charge in [-0.15, -0.1) is 34.2 Å². The van der Waals surface area contributed by atoms with E-state index in [0.717, 1.165) is 56.0 Å². The second-order valence-electron chi connectivity index (χ2n) is 7.37. The fraction of sp³-hybridized carbons (Fsp3) is 0.800. The van der Waals surface area contributed by atoms with Crippen molar-refractivity contribution in [1.82, 2.24) is 29.9 Å². The molecule has 0 saturated heterocycles. The lowest BCUT2D eigenvalue weighted by molar-refractivity contribution is -0.131. The van der Waals surface area contributed by atoms with E-state index in [9.17, 15) is 4.79 Å². The standard InChI is InChI=1S/C20H39N7OS.HI/c1-8-21-19(25(6)15-18(28)26(9-2)10-3)22-13-11-12-17-23-24-20(29-7)27(17)14-16(4)5;/h16H,8-15H2,1-7H3,(H,21,22);1H. The number of likely N-dealkylation sites (N-methyl/N-ethyl adjacent to an activating group) is 2. The van der Waals surface area contributed by atoms with Crippen LogP contribution < -0.4 is 5.32 Å². The van der Waals surface area contributed by atoms with Crippen LogP contribution in [0.2, 0.25) is 0 Å². The quantitative estimate of drug-likeness (QED) is 0.141. The zero-order chi connectivity index (χ0) is 21.8. The fourth-order valence-electron chi connectivity index (χ4n) is 3.05. The Morgan fingerprint density at radius 2 is 1.90 bits per heavy atom. The molecule has 1 amide bonds. The van der Waals surface area contributed by atoms with Crippen LogP contribution in [-0.2, 0) is 17.8 Å². The molecule has 1 rings (SSSR count). The monoisotopic (exact) mass is 553 g/mol. The highest BCUT2D eigenvalue weighted by atomic mass is 127. The third-order valence-electron chi connectivity index (χ3n) is 4.53. The SMILES string of the molecule is CCNC(=NCCCc1nnc(SC)n1CC(C)C)N(C)CC(=O)N(CC)CC.I. The summed E-state index contributed by atoms with van der Waals surface area (Å²) in [4.78, 5) is 20.8. The van der Waals surface area contributed by atoms with Crippen LogP contribution in [0.4, 0.5) is 0 Å². The van der Waals surface area contributed by atoms with Gasteiger partial charge in [0, 0.05) is 46.2 Å². The maximum absolute atomic E-state index is 12.4. The first-order chi connectivity index (χ1) is 13.9. The van der Waals surface area contributed by atoms with Gasteiger partial charge in [0.2, 0.25) is 5.91 Å². The van der Waals surface area contributed by atoms with Crippen LogP contribution in [0.1, 0.15) is 46.9 Å². The number of amides is 1. The minimum atomic E-state index is 0. The molecule has 10 heteroatoms. The molecule has 0 saturated carbocycles. The van der Waals surface area contributed by atoms with Gasteiger partial charge < -0.3 is 19.7 Å². The van der Waals surface area contributed by atoms with Gasteiger partial charge in [0.15, 0.2) is 11.1 Å². The predicted octanol–water partition coefficient (Wildman–Crippen LogP) is 2.97. The summed E-state index contributed by atoms with van der Waals surface area (Å²) in [7, 11) is 1.91. The molecule has 1 N–H and O–H groups in total. The molecule has 0 unspecified atom stereocenters. The number of halogens is 1. The van der Waals surface area contributed by atoms with Crippen molar-refractivity contribution in [3.05, 3.63) is 5.82 Å². The highest BCUT2D eigenvalue weighted by Crippen LogP contribution is 2.16. The second-order valence-corrected chi connectivity index (χ2v) is 8.14. The van der Waals surface area contributed by atoms with Crippen molar-refractivity contribution in [2.24, 2.45) is 10.9 Å². The molecule has 0 radical (unpaired) electrons. The highest BCUT2D eigenvalue weighted by Gasteiger charge is 2.15. The molecule has 0 atom stereocenters. The normalized spacial score (nSPS) is 11.4. The Hall–Kier alpha value is -1.04. The minimum absolute atomic E-state index is 0. The van der Waals surface area contributed by atoms with Crippen molar-refractivity contribution >= 4 is 47.6 Å². The molecule has 8 nitrogen and oxygen atoms in total. The van der Waals surface area contributed by atoms with Crippen LogP contribution in [0.5, 0.6) is 0 Å². The largest absolute Gasteiger partial charge is 0.357 e. The Labute approximate surface area is 203 Å². The van der Waals surface area contributed by atoms with E-state index in [0.29, 0.717) is 19.0 Å². The first kappa shape index (κ1) is 29.0. The molecule has 0 spiro atoms. The van der Waals surface area contributed by atoms with Gasteiger partial charge in [-0.25, -0.2) is 0 Å². The van der Waals surface area contributed by atoms with Crippen molar-refractivity contribution in [3.8, 4) is 0 Å². The zero-order valence-corrected chi connectivity index (χ0v) is 22.8. The van der Waals surface area contributed by atoms with E-state index in [2.05, 4.69) is 33.9 Å². The Morgan fingerprint density at radius 1 is 1.23 bits per heavy atom. The van der Waals surface area contributed by atoms with Gasteiger partial charge in [0.25, 0.3) is 0 Å². The van der Waals surface area contributed by atoms with Gasteiger partial charge in [-0.3, -0.25) is 9.79 Å². The summed E-state index contributed by atoms with van der Waals surface area (Å²) in [5.41, 5.74) is 0. The summed E-state index contributed by atoms with van der Waals surface area (Å²) in [6, 6.07) is 0. The van der Waals surface area contributed by atoms with E-state index >= 15 is 0 Å². The van der Waals surface area contributed by atoms with E-state index < -0.39 is 0 Å². The summed E-state index contributed by atoms with van der Waals surface area (Å²) in [5.74, 6) is 2.45. The Bertz CT molecular complexity index is 647. The number of rotatable bonds is 12. The van der Waals surface area contributed by atoms with Gasteiger partial charge in [0.1, 0.15) is 5.82 Å². The first-order valence-corrected chi connectivity index (χ1v) is 11.8. The number of carbonyl (C=O) groups is 1. The summed E-state index contributed by atoms with van der Waals surface area (Å²) in [6.07, 6.45) is 3.76. The number of guanidine groups is 1. The number of hydrogen-bond donors (Lipinski definition) is 1. The number of thioether (sulfide) groups is 1. The Morgan fingerprint density at radius 3 is 2.43 bits per heavy atom. The van der Waals surface area contributed by atoms with Crippen molar-refractivity contribution in [1.29, 1.82) is 0 Å². The van der Waals surface area contributed by atoms with Crippen LogP contribution in [0, 0.1) is 5.92 Å². The molecule has 0 bridgehead atoms. The lowest BCUT2D eigenvalue weighted by Crippen LogP contribution is -2.45. The van der Waals surface area contributed by atoms with Gasteiger partial charge in [-0.2, -0.15) is 0 Å². The molecule has 30 heavy (non-hydrogen) atoms. The molecular weight excluding hydrogens is 513 g/mol. The lowest BCUT2D eigenvalue weighted by Gasteiger charge is -2.25. The Balaban J connectivity index is 0.00000841. The summed E-state index contributed by atoms with van der Waals surface area (Å²) in [5, 5.41) is 12.9. The van der Waals surface area contributed by atoms with Crippen LogP contribution in [0.25, 0.3) is 0 Å². The number of carbonyl (C=O) groups excluding carboxylic acids is 1. The molecule has 0 aliphatic carbocycles. The smallest absolute Gasteiger partial charge is 0.242 e. The molecule has 1 aromatic heterocycles. The maximum Gasteiger partial charge on any atom is 0.242 e. The third kappa shape index (κ3) is 9.40. The predicted molar refractivity (Wildman–Crippen MR) is 137 cm³/mol. The van der Waals surface area contributed by atoms with Crippen molar-refractivity contribution in [3.63, 3.8) is 0 Å². The van der Waals surface area contributed by atoms with Gasteiger partial charge in [0.05, 0.1) is 6.54 Å². The number of nitrogens with zero attached hydrogens (tertiary/aromatic N) is 6. The molecule has 1 heterocycles. The van der Waals surface area contributed by atoms with Crippen molar-refractivity contribution in [2.45, 2.75) is 59.2 Å². The number of nitrogens with one attached hydrogen (secondary N) is 1. The van der Waals surface area contributed by atoms with E-state index in [1.54, 1.807) is 11.8 Å². The van der Waals surface area contributed by atoms with E-state index in [1.807, 2.05) is 43.9 Å². The highest BCUT2D eigenvalue weighted by molar-refractivity contribution is 14.0. The minimum Gasteiger partial charge on any atom is -0.357 e. The molecular formula is C20H40IN7OS. The van der Waals surface area contributed by atoms with E-state index in [4.69, 9.17) is 4.99 Å². The van der Waals surface area contributed by atoms with Crippen molar-refractivity contribution < 1.29 is 4.79 Å². The van der Waals surface area contributed by atoms with Crippen LogP contribution >= 0.6 is 35.7 Å². The third-order valence-corrected chi connectivity index (χ3v) is 5.20. The number of aryl methyl sites for hydroxylation is 1. The topological polar surface area (TPSA) is 78.6 Å². The summed E-state index contributed by atoms with van der Waals surface area (Å²) < 4.78 is 2.22. The number of hydrogen-bond acceptors (Lipinski definition) is 5. The molecule has 0 fully saturated rings. The van der Waals surface area contributed by atoms with Crippen LogP contribution in [0.15, 0.2) is 10.1 Å². The van der Waals surface area contributed by atoms with Crippen molar-refractivity contribution in [2.75, 3.05) is 46.0 Å². The summed E-state index contributed by atoms with van der Waals surface area (Å²) >= 11 is 1.63. The fourth-order valence-corrected chi connectivity index (χ4v) is 3.57. The molecule has 174 valence electrons. The number of aliphatic imine (C=N–C) groups is 1. The molecule has 0 aromatic carbocycles. The molecule has 0 aliphatic rings. The van der Waals surface area contributed by atoms with E-state index in [1.165, 1.54) is 0 Å². The zero-order valence-electron chi connectivity index (χ0n) is 19.6. The lowest BCUT2D eigenvalue weighted by atomic mass is 10.2. The maximum atomic E-state index is 12.4. The van der Waals surface area contributed by atoms with Crippen LogP contribution in [0.3, 0.4) is 0 Å². The number of aromatic nitrogens is 3. The average Bonchev–Trinajstić information content (AvgIpc) is 3.06. The van der Waals surface area contributed by atoms with E-state index in [-0.39, 0.29) is 29.9 Å². The summed E-state index contributed by atoms with van der Waals surface area (Å²) in [6.45, 7) is 14.6. The average molecular weight is 554 g/mol. The van der Waals surface area contributed by atoms with Gasteiger partial charge >= 0.3 is 0 Å². The molecule has 1 aromatic rings. The van der Waals surface area contributed by atoms with Gasteiger partial charge in [-0.1, -0.05) is 25.6 Å². The molecule has 0 aliphatic heterocycles. The first-order valence-electron chi connectivity index (χ1n) is 10.6. The Kier molecular flexibility index (Phi) is 15.2. The second kappa shape index (κ2) is 15.7.